The third-order valence-corrected chi connectivity index (χ3v) is 4.76. The topological polar surface area (TPSA) is 29.7 Å². The lowest BCUT2D eigenvalue weighted by atomic mass is 9.94. The molecule has 0 spiro atoms. The van der Waals surface area contributed by atoms with Gasteiger partial charge in [0.05, 0.1) is 28.2 Å². The van der Waals surface area contributed by atoms with Crippen LogP contribution in [0, 0.1) is 0 Å². The Balaban J connectivity index is 1.79. The monoisotopic (exact) mass is 383 g/mol. The van der Waals surface area contributed by atoms with E-state index < -0.39 is 18.0 Å². The van der Waals surface area contributed by atoms with Gasteiger partial charge in [0.25, 0.3) is 0 Å². The van der Waals surface area contributed by atoms with Crippen molar-refractivity contribution in [2.24, 2.45) is 4.99 Å². The minimum Gasteiger partial charge on any atom is -0.302 e. The Morgan fingerprint density at radius 1 is 1.24 bits per heavy atom. The molecule has 2 aliphatic rings. The average Bonchev–Trinajstić information content (AvgIpc) is 3.14. The molecule has 0 saturated heterocycles. The zero-order valence-electron chi connectivity index (χ0n) is 12.6. The van der Waals surface area contributed by atoms with E-state index in [1.807, 2.05) is 18.2 Å². The van der Waals surface area contributed by atoms with Crippen LogP contribution in [-0.4, -0.2) is 26.6 Å². The molecule has 0 radical (unpaired) electrons. The first-order chi connectivity index (χ1) is 11.8. The minimum atomic E-state index is -4.31. The quantitative estimate of drug-likeness (QED) is 0.671. The second-order valence-electron chi connectivity index (χ2n) is 5.73. The SMILES string of the molecule is FC(F)(F)Cc1cnc2c(Cl)c(C3=CC(Cl)C4=NC=CC4=C3)ccn12. The van der Waals surface area contributed by atoms with Crippen molar-refractivity contribution in [3.63, 3.8) is 0 Å². The van der Waals surface area contributed by atoms with E-state index in [-0.39, 0.29) is 16.4 Å². The molecule has 25 heavy (non-hydrogen) atoms. The second kappa shape index (κ2) is 5.75. The van der Waals surface area contributed by atoms with Crippen LogP contribution in [0.15, 0.2) is 53.5 Å². The third kappa shape index (κ3) is 2.89. The molecule has 0 fully saturated rings. The molecule has 2 aromatic heterocycles. The van der Waals surface area contributed by atoms with E-state index in [9.17, 15) is 13.2 Å². The summed E-state index contributed by atoms with van der Waals surface area (Å²) in [5.74, 6) is 0. The zero-order valence-corrected chi connectivity index (χ0v) is 14.1. The molecule has 1 unspecified atom stereocenters. The summed E-state index contributed by atoms with van der Waals surface area (Å²) >= 11 is 12.8. The Bertz CT molecular complexity index is 996. The van der Waals surface area contributed by atoms with Crippen LogP contribution in [0.2, 0.25) is 5.02 Å². The predicted octanol–water partition coefficient (Wildman–Crippen LogP) is 4.99. The van der Waals surface area contributed by atoms with E-state index in [2.05, 4.69) is 9.98 Å². The molecule has 0 aromatic carbocycles. The van der Waals surface area contributed by atoms with E-state index in [1.165, 1.54) is 10.6 Å². The summed E-state index contributed by atoms with van der Waals surface area (Å²) in [6, 6.07) is 1.67. The van der Waals surface area contributed by atoms with E-state index in [1.54, 1.807) is 18.5 Å². The number of aliphatic imine (C=N–C) groups is 1. The molecule has 0 N–H and O–H groups in total. The highest BCUT2D eigenvalue weighted by atomic mass is 35.5. The van der Waals surface area contributed by atoms with E-state index >= 15 is 0 Å². The number of aromatic nitrogens is 2. The van der Waals surface area contributed by atoms with Crippen molar-refractivity contribution in [3.05, 3.63) is 64.7 Å². The number of alkyl halides is 4. The lowest BCUT2D eigenvalue weighted by Crippen LogP contribution is -2.16. The van der Waals surface area contributed by atoms with Crippen LogP contribution in [-0.2, 0) is 6.42 Å². The van der Waals surface area contributed by atoms with Crippen molar-refractivity contribution in [2.45, 2.75) is 18.0 Å². The largest absolute Gasteiger partial charge is 0.394 e. The van der Waals surface area contributed by atoms with E-state index in [0.717, 1.165) is 16.9 Å². The van der Waals surface area contributed by atoms with Gasteiger partial charge in [-0.1, -0.05) is 17.7 Å². The Morgan fingerprint density at radius 2 is 2.04 bits per heavy atom. The first-order valence-electron chi connectivity index (χ1n) is 7.37. The number of hydrogen-bond acceptors (Lipinski definition) is 2. The van der Waals surface area contributed by atoms with Gasteiger partial charge in [0.15, 0.2) is 5.65 Å². The van der Waals surface area contributed by atoms with Gasteiger partial charge in [0, 0.05) is 24.2 Å². The molecule has 1 aliphatic heterocycles. The van der Waals surface area contributed by atoms with Crippen LogP contribution in [0.3, 0.4) is 0 Å². The molecule has 1 aliphatic carbocycles. The Hall–Kier alpha value is -2.05. The first-order valence-corrected chi connectivity index (χ1v) is 8.19. The number of rotatable bonds is 2. The highest BCUT2D eigenvalue weighted by Crippen LogP contribution is 2.35. The summed E-state index contributed by atoms with van der Waals surface area (Å²) in [6.45, 7) is 0. The van der Waals surface area contributed by atoms with Crippen LogP contribution >= 0.6 is 23.2 Å². The van der Waals surface area contributed by atoms with Crippen LogP contribution in [0.25, 0.3) is 11.2 Å². The fourth-order valence-electron chi connectivity index (χ4n) is 2.96. The number of imidazole rings is 1. The number of pyridine rings is 1. The van der Waals surface area contributed by atoms with Crippen molar-refractivity contribution in [2.75, 3.05) is 0 Å². The summed E-state index contributed by atoms with van der Waals surface area (Å²) in [5, 5.41) is -0.108. The Labute approximate surface area is 150 Å². The lowest BCUT2D eigenvalue weighted by Gasteiger charge is -2.17. The van der Waals surface area contributed by atoms with Gasteiger partial charge in [-0.3, -0.25) is 4.99 Å². The average molecular weight is 384 g/mol. The smallest absolute Gasteiger partial charge is 0.302 e. The summed E-state index contributed by atoms with van der Waals surface area (Å²) in [4.78, 5) is 8.27. The van der Waals surface area contributed by atoms with Crippen molar-refractivity contribution >= 4 is 40.1 Å². The first kappa shape index (κ1) is 16.4. The molecular formula is C17H10Cl2F3N3. The van der Waals surface area contributed by atoms with Crippen LogP contribution in [0.5, 0.6) is 0 Å². The summed E-state index contributed by atoms with van der Waals surface area (Å²) in [7, 11) is 0. The van der Waals surface area contributed by atoms with Gasteiger partial charge in [-0.25, -0.2) is 4.98 Å². The normalized spacial score (nSPS) is 19.7. The lowest BCUT2D eigenvalue weighted by molar-refractivity contribution is -0.127. The maximum absolute atomic E-state index is 12.7. The van der Waals surface area contributed by atoms with Gasteiger partial charge in [-0.2, -0.15) is 13.2 Å². The van der Waals surface area contributed by atoms with Crippen LogP contribution in [0.4, 0.5) is 13.2 Å². The highest BCUT2D eigenvalue weighted by molar-refractivity contribution is 6.39. The number of fused-ring (bicyclic) bond motifs is 2. The van der Waals surface area contributed by atoms with Gasteiger partial charge in [-0.15, -0.1) is 11.6 Å². The van der Waals surface area contributed by atoms with E-state index in [0.29, 0.717) is 5.56 Å². The standard InChI is InChI=1S/C17H10Cl2F3N3/c18-13-6-10(5-9-1-3-23-15(9)13)12-2-4-25-11(7-17(20,21)22)8-24-16(25)14(12)19/h1-6,8,13H,7H2. The molecule has 0 saturated carbocycles. The van der Waals surface area contributed by atoms with Gasteiger partial charge in [0.2, 0.25) is 0 Å². The molecular weight excluding hydrogens is 374 g/mol. The molecule has 128 valence electrons. The van der Waals surface area contributed by atoms with Crippen molar-refractivity contribution in [1.29, 1.82) is 0 Å². The molecule has 0 amide bonds. The molecule has 0 bridgehead atoms. The molecule has 2 aromatic rings. The third-order valence-electron chi connectivity index (χ3n) is 4.05. The highest BCUT2D eigenvalue weighted by Gasteiger charge is 2.30. The molecule has 3 heterocycles. The maximum atomic E-state index is 12.7. The van der Waals surface area contributed by atoms with Crippen molar-refractivity contribution in [1.82, 2.24) is 9.38 Å². The second-order valence-corrected chi connectivity index (χ2v) is 6.58. The molecule has 8 heteroatoms. The zero-order chi connectivity index (χ0) is 17.8. The van der Waals surface area contributed by atoms with Crippen molar-refractivity contribution in [3.8, 4) is 0 Å². The van der Waals surface area contributed by atoms with Gasteiger partial charge >= 0.3 is 6.18 Å². The maximum Gasteiger partial charge on any atom is 0.394 e. The number of nitrogens with zero attached hydrogens (tertiary/aromatic N) is 3. The van der Waals surface area contributed by atoms with E-state index in [4.69, 9.17) is 23.2 Å². The van der Waals surface area contributed by atoms with Crippen LogP contribution in [0.1, 0.15) is 11.3 Å². The summed E-state index contributed by atoms with van der Waals surface area (Å²) in [6.07, 6.45) is 4.60. The molecule has 4 rings (SSSR count). The number of halogens is 5. The van der Waals surface area contributed by atoms with Crippen molar-refractivity contribution < 1.29 is 13.2 Å². The molecule has 1 atom stereocenters. The Kier molecular flexibility index (Phi) is 3.77. The molecule has 3 nitrogen and oxygen atoms in total. The fraction of sp³-hybridized carbons (Fsp3) is 0.176. The minimum absolute atomic E-state index is 0.0373. The van der Waals surface area contributed by atoms with Crippen LogP contribution < -0.4 is 0 Å². The van der Waals surface area contributed by atoms with Gasteiger partial charge < -0.3 is 4.40 Å². The summed E-state index contributed by atoms with van der Waals surface area (Å²) < 4.78 is 39.3. The summed E-state index contributed by atoms with van der Waals surface area (Å²) in [5.41, 5.74) is 3.44. The predicted molar refractivity (Wildman–Crippen MR) is 92.2 cm³/mol. The fourth-order valence-corrected chi connectivity index (χ4v) is 3.59. The van der Waals surface area contributed by atoms with Gasteiger partial charge in [0.1, 0.15) is 0 Å². The Morgan fingerprint density at radius 3 is 2.80 bits per heavy atom. The number of hydrogen-bond donors (Lipinski definition) is 0. The number of allylic oxidation sites excluding steroid dienone is 5. The van der Waals surface area contributed by atoms with Gasteiger partial charge in [-0.05, 0) is 29.4 Å².